The smallest absolute Gasteiger partial charge is 0.291 e. The van der Waals surface area contributed by atoms with Gasteiger partial charge in [-0.15, -0.1) is 0 Å². The summed E-state index contributed by atoms with van der Waals surface area (Å²) in [7, 11) is 1.57. The molecule has 172 valence electrons. The summed E-state index contributed by atoms with van der Waals surface area (Å²) < 4.78 is 11.6. The van der Waals surface area contributed by atoms with Crippen LogP contribution in [0.3, 0.4) is 0 Å². The van der Waals surface area contributed by atoms with Crippen molar-refractivity contribution in [2.24, 2.45) is 0 Å². The quantitative estimate of drug-likeness (QED) is 0.638. The van der Waals surface area contributed by atoms with Gasteiger partial charge in [0.25, 0.3) is 11.8 Å². The van der Waals surface area contributed by atoms with E-state index in [1.807, 2.05) is 32.0 Å². The molecule has 9 heteroatoms. The van der Waals surface area contributed by atoms with E-state index in [4.69, 9.17) is 9.15 Å². The van der Waals surface area contributed by atoms with Crippen molar-refractivity contribution in [3.63, 3.8) is 0 Å². The van der Waals surface area contributed by atoms with Crippen molar-refractivity contribution in [1.29, 1.82) is 0 Å². The third-order valence-electron chi connectivity index (χ3n) is 5.55. The largest absolute Gasteiger partial charge is 0.435 e. The highest BCUT2D eigenvalue weighted by molar-refractivity contribution is 5.93. The molecule has 1 saturated heterocycles. The lowest BCUT2D eigenvalue weighted by atomic mass is 10.0. The van der Waals surface area contributed by atoms with Gasteiger partial charge < -0.3 is 19.4 Å². The van der Waals surface area contributed by atoms with E-state index in [0.717, 1.165) is 22.5 Å². The molecule has 33 heavy (non-hydrogen) atoms. The van der Waals surface area contributed by atoms with Crippen molar-refractivity contribution in [1.82, 2.24) is 25.2 Å². The van der Waals surface area contributed by atoms with Crippen LogP contribution < -0.4 is 5.32 Å². The highest BCUT2D eigenvalue weighted by atomic mass is 16.5. The Morgan fingerprint density at radius 2 is 2.00 bits per heavy atom. The number of nitrogens with zero attached hydrogens (tertiary/aromatic N) is 4. The first kappa shape index (κ1) is 22.6. The highest BCUT2D eigenvalue weighted by Gasteiger charge is 2.30. The van der Waals surface area contributed by atoms with Gasteiger partial charge in [-0.05, 0) is 37.6 Å². The van der Waals surface area contributed by atoms with Crippen LogP contribution in [0.1, 0.15) is 57.0 Å². The van der Waals surface area contributed by atoms with Gasteiger partial charge in [-0.1, -0.05) is 13.0 Å². The van der Waals surface area contributed by atoms with Crippen LogP contribution in [0.25, 0.3) is 11.1 Å². The highest BCUT2D eigenvalue weighted by Crippen LogP contribution is 2.28. The Hall–Kier alpha value is -3.59. The number of aromatic nitrogens is 3. The second-order valence-corrected chi connectivity index (χ2v) is 7.92. The standard InChI is InChI=1S/C24H27N5O4/c1-5-21-28-15(3)22(33-21)24(31)29-8-9-32-20(13-29)19-11-17(10-14(2)27-19)16-6-7-18(26-12-16)23(30)25-4/h6-7,10-12,20H,5,8-9,13H2,1-4H3,(H,25,30). The molecule has 1 fully saturated rings. The fourth-order valence-corrected chi connectivity index (χ4v) is 3.81. The minimum Gasteiger partial charge on any atom is -0.435 e. The van der Waals surface area contributed by atoms with Gasteiger partial charge in [0.2, 0.25) is 5.76 Å². The van der Waals surface area contributed by atoms with Crippen molar-refractivity contribution in [2.75, 3.05) is 26.7 Å². The van der Waals surface area contributed by atoms with E-state index in [2.05, 4.69) is 20.3 Å². The predicted molar refractivity (Wildman–Crippen MR) is 121 cm³/mol. The molecule has 1 aliphatic heterocycles. The Balaban J connectivity index is 1.56. The molecule has 9 nitrogen and oxygen atoms in total. The summed E-state index contributed by atoms with van der Waals surface area (Å²) in [4.78, 5) is 39.8. The number of pyridine rings is 2. The number of aryl methyl sites for hydroxylation is 3. The van der Waals surface area contributed by atoms with Crippen LogP contribution in [0.15, 0.2) is 34.9 Å². The van der Waals surface area contributed by atoms with Gasteiger partial charge in [0, 0.05) is 37.5 Å². The van der Waals surface area contributed by atoms with E-state index in [9.17, 15) is 9.59 Å². The first-order valence-electron chi connectivity index (χ1n) is 10.9. The minimum absolute atomic E-state index is 0.185. The number of rotatable bonds is 5. The summed E-state index contributed by atoms with van der Waals surface area (Å²) in [5.41, 5.74) is 4.29. The Bertz CT molecular complexity index is 1170. The van der Waals surface area contributed by atoms with Crippen LogP contribution in [-0.4, -0.2) is 58.4 Å². The van der Waals surface area contributed by atoms with Crippen LogP contribution in [0, 0.1) is 13.8 Å². The second kappa shape index (κ2) is 9.50. The molecule has 0 radical (unpaired) electrons. The van der Waals surface area contributed by atoms with E-state index in [-0.39, 0.29) is 23.7 Å². The molecule has 3 aromatic rings. The average Bonchev–Trinajstić information content (AvgIpc) is 3.23. The summed E-state index contributed by atoms with van der Waals surface area (Å²) in [5, 5.41) is 2.56. The molecule has 1 N–H and O–H groups in total. The van der Waals surface area contributed by atoms with Gasteiger partial charge in [-0.25, -0.2) is 4.98 Å². The van der Waals surface area contributed by atoms with Crippen molar-refractivity contribution < 1.29 is 18.7 Å². The summed E-state index contributed by atoms with van der Waals surface area (Å²) in [5.74, 6) is 0.422. The van der Waals surface area contributed by atoms with Gasteiger partial charge in [-0.3, -0.25) is 19.6 Å². The lowest BCUT2D eigenvalue weighted by Crippen LogP contribution is -2.42. The zero-order valence-electron chi connectivity index (χ0n) is 19.2. The van der Waals surface area contributed by atoms with E-state index in [1.165, 1.54) is 0 Å². The van der Waals surface area contributed by atoms with Crippen LogP contribution in [0.5, 0.6) is 0 Å². The molecule has 0 aromatic carbocycles. The van der Waals surface area contributed by atoms with Gasteiger partial charge in [0.15, 0.2) is 5.89 Å². The third kappa shape index (κ3) is 4.78. The van der Waals surface area contributed by atoms with Crippen LogP contribution in [0.4, 0.5) is 0 Å². The van der Waals surface area contributed by atoms with Crippen LogP contribution in [-0.2, 0) is 11.2 Å². The number of hydrogen-bond donors (Lipinski definition) is 1. The zero-order chi connectivity index (χ0) is 23.5. The van der Waals surface area contributed by atoms with E-state index in [1.54, 1.807) is 31.1 Å². The molecule has 0 aliphatic carbocycles. The van der Waals surface area contributed by atoms with E-state index >= 15 is 0 Å². The van der Waals surface area contributed by atoms with Gasteiger partial charge >= 0.3 is 0 Å². The molecule has 0 saturated carbocycles. The molecule has 0 spiro atoms. The second-order valence-electron chi connectivity index (χ2n) is 7.92. The Morgan fingerprint density at radius 1 is 1.18 bits per heavy atom. The van der Waals surface area contributed by atoms with Crippen molar-refractivity contribution in [3.05, 3.63) is 64.9 Å². The molecule has 3 aromatic heterocycles. The molecule has 2 amide bonds. The molecular formula is C24H27N5O4. The van der Waals surface area contributed by atoms with Gasteiger partial charge in [-0.2, -0.15) is 0 Å². The SMILES string of the molecule is CCc1nc(C)c(C(=O)N2CCOC(c3cc(-c4ccc(C(=O)NC)nc4)cc(C)n3)C2)o1. The van der Waals surface area contributed by atoms with Gasteiger partial charge in [0.1, 0.15) is 11.8 Å². The first-order chi connectivity index (χ1) is 15.9. The summed E-state index contributed by atoms with van der Waals surface area (Å²) in [6, 6.07) is 7.43. The van der Waals surface area contributed by atoms with Crippen LogP contribution >= 0.6 is 0 Å². The van der Waals surface area contributed by atoms with E-state index < -0.39 is 0 Å². The fraction of sp³-hybridized carbons (Fsp3) is 0.375. The number of amides is 2. The number of oxazole rings is 1. The Morgan fingerprint density at radius 3 is 2.67 bits per heavy atom. The van der Waals surface area contributed by atoms with Crippen molar-refractivity contribution in [3.8, 4) is 11.1 Å². The molecular weight excluding hydrogens is 422 g/mol. The topological polar surface area (TPSA) is 110 Å². The maximum atomic E-state index is 13.1. The normalized spacial score (nSPS) is 16.0. The van der Waals surface area contributed by atoms with Crippen molar-refractivity contribution in [2.45, 2.75) is 33.3 Å². The maximum Gasteiger partial charge on any atom is 0.291 e. The third-order valence-corrected chi connectivity index (χ3v) is 5.55. The number of carbonyl (C=O) groups excluding carboxylic acids is 2. The monoisotopic (exact) mass is 449 g/mol. The molecule has 1 aliphatic rings. The lowest BCUT2D eigenvalue weighted by Gasteiger charge is -2.32. The number of ether oxygens (including phenoxy) is 1. The molecule has 4 rings (SSSR count). The minimum atomic E-state index is -0.367. The van der Waals surface area contributed by atoms with Gasteiger partial charge in [0.05, 0.1) is 24.5 Å². The Labute approximate surface area is 192 Å². The number of morpholine rings is 1. The summed E-state index contributed by atoms with van der Waals surface area (Å²) >= 11 is 0. The summed E-state index contributed by atoms with van der Waals surface area (Å²) in [6.07, 6.45) is 1.93. The fourth-order valence-electron chi connectivity index (χ4n) is 3.81. The number of hydrogen-bond acceptors (Lipinski definition) is 7. The molecule has 4 heterocycles. The Kier molecular flexibility index (Phi) is 6.50. The zero-order valence-corrected chi connectivity index (χ0v) is 19.2. The summed E-state index contributed by atoms with van der Waals surface area (Å²) in [6.45, 7) is 6.87. The molecule has 1 atom stereocenters. The first-order valence-corrected chi connectivity index (χ1v) is 10.9. The van der Waals surface area contributed by atoms with E-state index in [0.29, 0.717) is 43.4 Å². The predicted octanol–water partition coefficient (Wildman–Crippen LogP) is 2.88. The van der Waals surface area contributed by atoms with Crippen LogP contribution in [0.2, 0.25) is 0 Å². The molecule has 0 bridgehead atoms. The number of nitrogens with one attached hydrogen (secondary N) is 1. The molecule has 1 unspecified atom stereocenters. The lowest BCUT2D eigenvalue weighted by molar-refractivity contribution is -0.0257. The average molecular weight is 450 g/mol. The van der Waals surface area contributed by atoms with Crippen molar-refractivity contribution >= 4 is 11.8 Å². The number of carbonyl (C=O) groups is 2. The maximum absolute atomic E-state index is 13.1.